The molecule has 2 aliphatic rings. The number of allylic oxidation sites excluding steroid dienone is 2. The Hall–Kier alpha value is -3.21. The van der Waals surface area contributed by atoms with E-state index in [1.54, 1.807) is 6.92 Å². The number of hydrogen-bond donors (Lipinski definition) is 6. The summed E-state index contributed by atoms with van der Waals surface area (Å²) < 4.78 is 0. The van der Waals surface area contributed by atoms with E-state index in [1.165, 1.54) is 0 Å². The van der Waals surface area contributed by atoms with E-state index in [1.807, 2.05) is 49.4 Å². The van der Waals surface area contributed by atoms with E-state index >= 15 is 0 Å². The number of aliphatic hydroxyl groups excluding tert-OH is 2. The molecule has 0 bridgehead atoms. The minimum absolute atomic E-state index is 0.0810. The minimum atomic E-state index is -1.57. The number of nitrogens with one attached hydrogen (secondary N) is 4. The molecule has 1 heterocycles. The second-order valence-corrected chi connectivity index (χ2v) is 12.1. The number of benzene rings is 1. The van der Waals surface area contributed by atoms with Crippen molar-refractivity contribution in [1.29, 1.82) is 0 Å². The molecule has 236 valence electrons. The summed E-state index contributed by atoms with van der Waals surface area (Å²) in [7, 11) is 0. The summed E-state index contributed by atoms with van der Waals surface area (Å²) in [6.45, 7) is 6.53. The third-order valence-corrected chi connectivity index (χ3v) is 8.42. The molecule has 1 aromatic carbocycles. The summed E-state index contributed by atoms with van der Waals surface area (Å²) in [5.74, 6) is -2.35. The zero-order valence-corrected chi connectivity index (χ0v) is 26.0. The van der Waals surface area contributed by atoms with Crippen LogP contribution in [0.5, 0.6) is 0 Å². The fraction of sp³-hybridized carbons (Fsp3) is 0.562. The number of unbranched alkanes of at least 4 members (excludes halogenated alkanes) is 1. The van der Waals surface area contributed by atoms with E-state index in [0.717, 1.165) is 12.0 Å². The van der Waals surface area contributed by atoms with Crippen molar-refractivity contribution in [3.8, 4) is 0 Å². The number of carbonyl (C=O) groups excluding carboxylic acids is 4. The third kappa shape index (κ3) is 9.64. The van der Waals surface area contributed by atoms with Gasteiger partial charge in [0.2, 0.25) is 17.7 Å². The second-order valence-electron chi connectivity index (χ2n) is 11.6. The Morgan fingerprint density at radius 3 is 2.53 bits per heavy atom. The highest BCUT2D eigenvalue weighted by Gasteiger charge is 2.36. The Kier molecular flexibility index (Phi) is 12.8. The highest BCUT2D eigenvalue weighted by atomic mass is 35.5. The Morgan fingerprint density at radius 2 is 1.93 bits per heavy atom. The molecule has 1 aliphatic heterocycles. The monoisotopic (exact) mass is 616 g/mol. The standard InChI is InChI=1S/C32H45ClN4O6/c1-4-6-10-24(30(42)37-25(28(40)31(43)34-5-2)17-21-13-16-35-29(21)41)36-27(39)19-26(38)20-11-14-32(3,15-12-20)22-8-7-9-23(33)18-22/h7-9,11-12,14,18,21,24-26,28,38,40H,4-6,10,13,15-17,19H2,1-3H3,(H,34,43)(H,35,41)(H,36,39)(H,37,42)/t21-,24-,25-,26?,28?,32?/m0/s1. The maximum atomic E-state index is 13.4. The Labute approximate surface area is 258 Å². The van der Waals surface area contributed by atoms with Crippen LogP contribution < -0.4 is 21.3 Å². The highest BCUT2D eigenvalue weighted by Crippen LogP contribution is 2.35. The number of rotatable bonds is 15. The van der Waals surface area contributed by atoms with Crippen molar-refractivity contribution in [2.45, 2.75) is 95.4 Å². The second kappa shape index (κ2) is 16.0. The van der Waals surface area contributed by atoms with Gasteiger partial charge in [0.1, 0.15) is 6.04 Å². The third-order valence-electron chi connectivity index (χ3n) is 8.18. The van der Waals surface area contributed by atoms with Crippen LogP contribution in [0.25, 0.3) is 0 Å². The summed E-state index contributed by atoms with van der Waals surface area (Å²) in [6, 6.07) is 5.67. The molecular formula is C32H45ClN4O6. The van der Waals surface area contributed by atoms with Crippen molar-refractivity contribution in [3.63, 3.8) is 0 Å². The molecule has 4 amide bonds. The summed E-state index contributed by atoms with van der Waals surface area (Å²) in [5, 5.41) is 33.0. The van der Waals surface area contributed by atoms with Gasteiger partial charge in [-0.3, -0.25) is 19.2 Å². The van der Waals surface area contributed by atoms with Gasteiger partial charge in [-0.25, -0.2) is 0 Å². The molecule has 0 saturated carbocycles. The minimum Gasteiger partial charge on any atom is -0.388 e. The molecule has 0 radical (unpaired) electrons. The molecule has 11 heteroatoms. The molecular weight excluding hydrogens is 572 g/mol. The largest absolute Gasteiger partial charge is 0.388 e. The molecule has 10 nitrogen and oxygen atoms in total. The predicted octanol–water partition coefficient (Wildman–Crippen LogP) is 2.42. The Bertz CT molecular complexity index is 1220. The average Bonchev–Trinajstić information content (AvgIpc) is 3.38. The van der Waals surface area contributed by atoms with Crippen LogP contribution >= 0.6 is 11.6 Å². The lowest BCUT2D eigenvalue weighted by atomic mass is 9.75. The SMILES string of the molecule is CCCC[C@H](NC(=O)CC(O)C1=CCC(C)(c2cccc(Cl)c2)C=C1)C(=O)N[C@@H](C[C@@H]1CCNC1=O)C(O)C(=O)NCC. The van der Waals surface area contributed by atoms with Crippen LogP contribution in [0.15, 0.2) is 48.1 Å². The summed E-state index contributed by atoms with van der Waals surface area (Å²) >= 11 is 6.17. The van der Waals surface area contributed by atoms with Gasteiger partial charge in [0.25, 0.3) is 5.91 Å². The van der Waals surface area contributed by atoms with Crippen molar-refractivity contribution in [1.82, 2.24) is 21.3 Å². The van der Waals surface area contributed by atoms with Crippen molar-refractivity contribution in [2.75, 3.05) is 13.1 Å². The predicted molar refractivity (Wildman–Crippen MR) is 165 cm³/mol. The lowest BCUT2D eigenvalue weighted by Gasteiger charge is -2.30. The summed E-state index contributed by atoms with van der Waals surface area (Å²) in [5.41, 5.74) is 1.37. The first-order chi connectivity index (χ1) is 20.5. The molecule has 1 saturated heterocycles. The lowest BCUT2D eigenvalue weighted by molar-refractivity contribution is -0.135. The van der Waals surface area contributed by atoms with Crippen LogP contribution in [0.3, 0.4) is 0 Å². The lowest BCUT2D eigenvalue weighted by Crippen LogP contribution is -2.56. The number of hydrogen-bond acceptors (Lipinski definition) is 6. The van der Waals surface area contributed by atoms with Gasteiger partial charge >= 0.3 is 0 Å². The van der Waals surface area contributed by atoms with Gasteiger partial charge in [0.05, 0.1) is 18.6 Å². The van der Waals surface area contributed by atoms with Crippen LogP contribution in [0.4, 0.5) is 0 Å². The molecule has 6 N–H and O–H groups in total. The normalized spacial score (nSPS) is 22.5. The zero-order valence-electron chi connectivity index (χ0n) is 25.2. The van der Waals surface area contributed by atoms with Gasteiger partial charge in [-0.2, -0.15) is 0 Å². The number of halogens is 1. The fourth-order valence-corrected chi connectivity index (χ4v) is 5.65. The fourth-order valence-electron chi connectivity index (χ4n) is 5.46. The summed E-state index contributed by atoms with van der Waals surface area (Å²) in [4.78, 5) is 51.0. The van der Waals surface area contributed by atoms with Gasteiger partial charge in [-0.1, -0.05) is 68.7 Å². The first-order valence-electron chi connectivity index (χ1n) is 15.1. The van der Waals surface area contributed by atoms with E-state index in [9.17, 15) is 29.4 Å². The molecule has 0 aromatic heterocycles. The Morgan fingerprint density at radius 1 is 1.16 bits per heavy atom. The van der Waals surface area contributed by atoms with Crippen LogP contribution in [-0.4, -0.2) is 71.2 Å². The summed E-state index contributed by atoms with van der Waals surface area (Å²) in [6.07, 6.45) is 5.83. The van der Waals surface area contributed by atoms with Gasteiger partial charge < -0.3 is 31.5 Å². The first kappa shape index (κ1) is 34.3. The van der Waals surface area contributed by atoms with Crippen LogP contribution in [0.2, 0.25) is 5.02 Å². The number of amides is 4. The molecule has 1 fully saturated rings. The molecule has 1 aromatic rings. The highest BCUT2D eigenvalue weighted by molar-refractivity contribution is 6.30. The molecule has 6 atom stereocenters. The van der Waals surface area contributed by atoms with E-state index in [4.69, 9.17) is 11.6 Å². The molecule has 3 unspecified atom stereocenters. The van der Waals surface area contributed by atoms with Crippen molar-refractivity contribution in [2.24, 2.45) is 5.92 Å². The Balaban J connectivity index is 1.64. The van der Waals surface area contributed by atoms with E-state index in [2.05, 4.69) is 28.2 Å². The van der Waals surface area contributed by atoms with E-state index in [-0.39, 0.29) is 24.2 Å². The zero-order chi connectivity index (χ0) is 31.6. The topological polar surface area (TPSA) is 157 Å². The molecule has 43 heavy (non-hydrogen) atoms. The van der Waals surface area contributed by atoms with Gasteiger partial charge in [0.15, 0.2) is 6.10 Å². The van der Waals surface area contributed by atoms with Gasteiger partial charge in [-0.15, -0.1) is 0 Å². The van der Waals surface area contributed by atoms with E-state index in [0.29, 0.717) is 49.4 Å². The maximum absolute atomic E-state index is 13.4. The number of likely N-dealkylation sites (N-methyl/N-ethyl adjacent to an activating group) is 1. The van der Waals surface area contributed by atoms with Crippen molar-refractivity contribution < 1.29 is 29.4 Å². The van der Waals surface area contributed by atoms with E-state index < -0.39 is 47.9 Å². The number of aliphatic hydroxyl groups is 2. The molecule has 0 spiro atoms. The van der Waals surface area contributed by atoms with Crippen LogP contribution in [0.1, 0.15) is 71.3 Å². The number of carbonyl (C=O) groups is 4. The first-order valence-corrected chi connectivity index (χ1v) is 15.5. The smallest absolute Gasteiger partial charge is 0.250 e. The van der Waals surface area contributed by atoms with Crippen LogP contribution in [-0.2, 0) is 24.6 Å². The molecule has 1 aliphatic carbocycles. The quantitative estimate of drug-likeness (QED) is 0.178. The van der Waals surface area contributed by atoms with Crippen molar-refractivity contribution >= 4 is 35.2 Å². The maximum Gasteiger partial charge on any atom is 0.250 e. The van der Waals surface area contributed by atoms with Gasteiger partial charge in [-0.05, 0) is 55.9 Å². The van der Waals surface area contributed by atoms with Gasteiger partial charge in [0, 0.05) is 29.4 Å². The molecule has 3 rings (SSSR count). The average molecular weight is 617 g/mol. The van der Waals surface area contributed by atoms with Crippen LogP contribution in [0, 0.1) is 5.92 Å². The van der Waals surface area contributed by atoms with Crippen molar-refractivity contribution in [3.05, 3.63) is 58.7 Å².